The van der Waals surface area contributed by atoms with E-state index in [4.69, 9.17) is 14.9 Å². The zero-order valence-electron chi connectivity index (χ0n) is 10.6. The summed E-state index contributed by atoms with van der Waals surface area (Å²) in [7, 11) is 0. The van der Waals surface area contributed by atoms with Gasteiger partial charge in [0.15, 0.2) is 0 Å². The van der Waals surface area contributed by atoms with E-state index in [0.29, 0.717) is 19.6 Å². The fraction of sp³-hybridized carbons (Fsp3) is 0.727. The summed E-state index contributed by atoms with van der Waals surface area (Å²) in [5, 5.41) is 22.3. The lowest BCUT2D eigenvalue weighted by Gasteiger charge is -2.25. The van der Waals surface area contributed by atoms with E-state index in [1.807, 2.05) is 0 Å². The monoisotopic (exact) mass is 274 g/mol. The second-order valence-electron chi connectivity index (χ2n) is 4.78. The van der Waals surface area contributed by atoms with Crippen molar-refractivity contribution < 1.29 is 29.3 Å². The molecule has 1 saturated heterocycles. The van der Waals surface area contributed by atoms with Crippen LogP contribution >= 0.6 is 0 Å². The summed E-state index contributed by atoms with van der Waals surface area (Å²) >= 11 is 0. The van der Waals surface area contributed by atoms with Gasteiger partial charge in [0.05, 0.1) is 12.1 Å². The number of carbonyl (C=O) groups excluding carboxylic acids is 1. The standard InChI is InChI=1S/C11H18N2O6/c1-11(4-5-19-6-11)13-10(18)12-7(9(16)17)2-3-8(14)15/h7H,2-6H2,1H3,(H,14,15)(H,16,17)(H2,12,13,18). The molecule has 0 aromatic heterocycles. The second-order valence-corrected chi connectivity index (χ2v) is 4.78. The number of ether oxygens (including phenoxy) is 1. The SMILES string of the molecule is CC1(NC(=O)NC(CCC(=O)O)C(=O)O)CCOC1. The van der Waals surface area contributed by atoms with Crippen molar-refractivity contribution in [3.63, 3.8) is 0 Å². The highest BCUT2D eigenvalue weighted by atomic mass is 16.5. The summed E-state index contributed by atoms with van der Waals surface area (Å²) in [4.78, 5) is 33.0. The van der Waals surface area contributed by atoms with Gasteiger partial charge in [-0.3, -0.25) is 4.79 Å². The van der Waals surface area contributed by atoms with Crippen LogP contribution in [0.15, 0.2) is 0 Å². The third kappa shape index (κ3) is 5.12. The Hall–Kier alpha value is -1.83. The van der Waals surface area contributed by atoms with Crippen LogP contribution in [0.4, 0.5) is 4.79 Å². The van der Waals surface area contributed by atoms with Crippen LogP contribution in [0, 0.1) is 0 Å². The van der Waals surface area contributed by atoms with Crippen molar-refractivity contribution in [1.29, 1.82) is 0 Å². The van der Waals surface area contributed by atoms with Gasteiger partial charge in [-0.25, -0.2) is 9.59 Å². The van der Waals surface area contributed by atoms with Gasteiger partial charge >= 0.3 is 18.0 Å². The van der Waals surface area contributed by atoms with Gasteiger partial charge in [0, 0.05) is 13.0 Å². The number of hydrogen-bond acceptors (Lipinski definition) is 4. The van der Waals surface area contributed by atoms with Crippen LogP contribution in [0.1, 0.15) is 26.2 Å². The molecule has 4 N–H and O–H groups in total. The molecule has 108 valence electrons. The number of carbonyl (C=O) groups is 3. The largest absolute Gasteiger partial charge is 0.481 e. The molecule has 1 rings (SSSR count). The van der Waals surface area contributed by atoms with E-state index >= 15 is 0 Å². The van der Waals surface area contributed by atoms with Crippen molar-refractivity contribution in [2.75, 3.05) is 13.2 Å². The van der Waals surface area contributed by atoms with Crippen molar-refractivity contribution in [3.8, 4) is 0 Å². The molecule has 1 aliphatic heterocycles. The van der Waals surface area contributed by atoms with E-state index in [9.17, 15) is 14.4 Å². The predicted molar refractivity (Wildman–Crippen MR) is 63.8 cm³/mol. The molecule has 0 bridgehead atoms. The van der Waals surface area contributed by atoms with Crippen LogP contribution in [-0.2, 0) is 14.3 Å². The molecule has 8 heteroatoms. The Kier molecular flexibility index (Phi) is 5.11. The van der Waals surface area contributed by atoms with Crippen LogP contribution in [0.5, 0.6) is 0 Å². The topological polar surface area (TPSA) is 125 Å². The summed E-state index contributed by atoms with van der Waals surface area (Å²) in [5.41, 5.74) is -0.514. The van der Waals surface area contributed by atoms with Gasteiger partial charge in [0.1, 0.15) is 6.04 Å². The van der Waals surface area contributed by atoms with Gasteiger partial charge < -0.3 is 25.6 Å². The van der Waals surface area contributed by atoms with Crippen LogP contribution in [-0.4, -0.2) is 53.0 Å². The molecule has 19 heavy (non-hydrogen) atoms. The van der Waals surface area contributed by atoms with Crippen LogP contribution in [0.3, 0.4) is 0 Å². The first-order valence-corrected chi connectivity index (χ1v) is 5.93. The maximum atomic E-state index is 11.7. The first kappa shape index (κ1) is 15.2. The van der Waals surface area contributed by atoms with Crippen LogP contribution < -0.4 is 10.6 Å². The fourth-order valence-electron chi connectivity index (χ4n) is 1.76. The molecular weight excluding hydrogens is 256 g/mol. The first-order chi connectivity index (χ1) is 8.82. The Morgan fingerprint density at radius 1 is 1.37 bits per heavy atom. The maximum Gasteiger partial charge on any atom is 0.326 e. The first-order valence-electron chi connectivity index (χ1n) is 5.93. The van der Waals surface area contributed by atoms with Gasteiger partial charge in [-0.15, -0.1) is 0 Å². The summed E-state index contributed by atoms with van der Waals surface area (Å²) in [6.07, 6.45) is 0.163. The average molecular weight is 274 g/mol. The third-order valence-corrected chi connectivity index (χ3v) is 2.88. The fourth-order valence-corrected chi connectivity index (χ4v) is 1.76. The van der Waals surface area contributed by atoms with E-state index in [1.54, 1.807) is 6.92 Å². The molecule has 1 heterocycles. The molecule has 0 aromatic rings. The Balaban J connectivity index is 2.46. The minimum Gasteiger partial charge on any atom is -0.481 e. The van der Waals surface area contributed by atoms with Gasteiger partial charge in [-0.2, -0.15) is 0 Å². The van der Waals surface area contributed by atoms with E-state index in [0.717, 1.165) is 0 Å². The average Bonchev–Trinajstić information content (AvgIpc) is 2.70. The summed E-state index contributed by atoms with van der Waals surface area (Å²) in [6.45, 7) is 2.71. The molecule has 8 nitrogen and oxygen atoms in total. The lowest BCUT2D eigenvalue weighted by molar-refractivity contribution is -0.140. The Morgan fingerprint density at radius 3 is 2.53 bits per heavy atom. The van der Waals surface area contributed by atoms with Gasteiger partial charge in [0.2, 0.25) is 0 Å². The minimum absolute atomic E-state index is 0.161. The van der Waals surface area contributed by atoms with E-state index in [2.05, 4.69) is 10.6 Å². The van der Waals surface area contributed by atoms with E-state index in [-0.39, 0.29) is 12.8 Å². The smallest absolute Gasteiger partial charge is 0.326 e. The number of amides is 2. The second kappa shape index (κ2) is 6.37. The van der Waals surface area contributed by atoms with E-state index < -0.39 is 29.6 Å². The lowest BCUT2D eigenvalue weighted by atomic mass is 10.0. The lowest BCUT2D eigenvalue weighted by Crippen LogP contribution is -2.54. The summed E-state index contributed by atoms with van der Waals surface area (Å²) < 4.78 is 5.16. The molecule has 2 atom stereocenters. The van der Waals surface area contributed by atoms with Crippen molar-refractivity contribution in [2.45, 2.75) is 37.8 Å². The van der Waals surface area contributed by atoms with Crippen molar-refractivity contribution in [1.82, 2.24) is 10.6 Å². The molecule has 2 unspecified atom stereocenters. The number of carboxylic acids is 2. The van der Waals surface area contributed by atoms with Gasteiger partial charge in [-0.1, -0.05) is 0 Å². The Morgan fingerprint density at radius 2 is 2.05 bits per heavy atom. The summed E-state index contributed by atoms with van der Waals surface area (Å²) in [6, 6.07) is -1.85. The molecule has 0 radical (unpaired) electrons. The Bertz CT molecular complexity index is 364. The molecule has 1 aliphatic rings. The van der Waals surface area contributed by atoms with Gasteiger partial charge in [-0.05, 0) is 19.8 Å². The zero-order chi connectivity index (χ0) is 14.5. The van der Waals surface area contributed by atoms with E-state index in [1.165, 1.54) is 0 Å². The molecule has 0 aromatic carbocycles. The highest BCUT2D eigenvalue weighted by Gasteiger charge is 2.32. The van der Waals surface area contributed by atoms with Crippen LogP contribution in [0.25, 0.3) is 0 Å². The van der Waals surface area contributed by atoms with Gasteiger partial charge in [0.25, 0.3) is 0 Å². The number of carboxylic acid groups (broad SMARTS) is 2. The maximum absolute atomic E-state index is 11.7. The zero-order valence-corrected chi connectivity index (χ0v) is 10.6. The number of nitrogens with one attached hydrogen (secondary N) is 2. The number of rotatable bonds is 6. The number of hydrogen-bond donors (Lipinski definition) is 4. The Labute approximate surface area is 110 Å². The van der Waals surface area contributed by atoms with Crippen molar-refractivity contribution >= 4 is 18.0 Å². The number of urea groups is 1. The third-order valence-electron chi connectivity index (χ3n) is 2.88. The van der Waals surface area contributed by atoms with Crippen molar-refractivity contribution in [3.05, 3.63) is 0 Å². The summed E-state index contributed by atoms with van der Waals surface area (Å²) in [5.74, 6) is -2.37. The highest BCUT2D eigenvalue weighted by Crippen LogP contribution is 2.17. The molecule has 2 amide bonds. The van der Waals surface area contributed by atoms with Crippen molar-refractivity contribution in [2.24, 2.45) is 0 Å². The molecule has 0 saturated carbocycles. The molecular formula is C11H18N2O6. The molecule has 1 fully saturated rings. The quantitative estimate of drug-likeness (QED) is 0.531. The molecule has 0 aliphatic carbocycles. The highest BCUT2D eigenvalue weighted by molar-refractivity contribution is 5.83. The predicted octanol–water partition coefficient (Wildman–Crippen LogP) is -0.217. The van der Waals surface area contributed by atoms with Crippen LogP contribution in [0.2, 0.25) is 0 Å². The molecule has 0 spiro atoms. The normalized spacial score (nSPS) is 23.6. The number of aliphatic carboxylic acids is 2. The minimum atomic E-state index is -1.26.